The van der Waals surface area contributed by atoms with Gasteiger partial charge in [0.2, 0.25) is 0 Å². The van der Waals surface area contributed by atoms with Crippen LogP contribution in [-0.2, 0) is 14.3 Å². The second kappa shape index (κ2) is 5.13. The van der Waals surface area contributed by atoms with Gasteiger partial charge in [0, 0.05) is 13.2 Å². The maximum atomic E-state index is 9.80. The van der Waals surface area contributed by atoms with E-state index >= 15 is 0 Å². The van der Waals surface area contributed by atoms with Crippen molar-refractivity contribution >= 4 is 6.47 Å². The summed E-state index contributed by atoms with van der Waals surface area (Å²) in [5.74, 6) is 0.698. The van der Waals surface area contributed by atoms with Crippen LogP contribution < -0.4 is 0 Å². The SMILES string of the molecule is O=COCCC1CCOCC1. The molecule has 0 spiro atoms. The first-order valence-corrected chi connectivity index (χ1v) is 4.06. The minimum Gasteiger partial charge on any atom is -0.468 e. The van der Waals surface area contributed by atoms with Gasteiger partial charge in [-0.15, -0.1) is 0 Å². The van der Waals surface area contributed by atoms with Crippen LogP contribution in [0.2, 0.25) is 0 Å². The molecule has 1 saturated heterocycles. The highest BCUT2D eigenvalue weighted by Gasteiger charge is 2.12. The lowest BCUT2D eigenvalue weighted by Gasteiger charge is -2.20. The average Bonchev–Trinajstić information content (AvgIpc) is 2.07. The van der Waals surface area contributed by atoms with Gasteiger partial charge in [0.1, 0.15) is 0 Å². The van der Waals surface area contributed by atoms with Crippen LogP contribution in [0.5, 0.6) is 0 Å². The molecule has 0 bridgehead atoms. The van der Waals surface area contributed by atoms with Gasteiger partial charge in [0.15, 0.2) is 0 Å². The van der Waals surface area contributed by atoms with E-state index in [9.17, 15) is 4.79 Å². The highest BCUT2D eigenvalue weighted by atomic mass is 16.5. The number of hydrogen-bond acceptors (Lipinski definition) is 3. The molecule has 1 aliphatic rings. The molecule has 0 aromatic heterocycles. The summed E-state index contributed by atoms with van der Waals surface area (Å²) >= 11 is 0. The standard InChI is InChI=1S/C8H14O3/c9-7-11-6-3-8-1-4-10-5-2-8/h7-8H,1-6H2. The van der Waals surface area contributed by atoms with Gasteiger partial charge < -0.3 is 9.47 Å². The Hall–Kier alpha value is -0.570. The van der Waals surface area contributed by atoms with Crippen LogP contribution in [0.25, 0.3) is 0 Å². The van der Waals surface area contributed by atoms with Crippen LogP contribution in [0.4, 0.5) is 0 Å². The third kappa shape index (κ3) is 3.37. The molecule has 64 valence electrons. The van der Waals surface area contributed by atoms with Crippen molar-refractivity contribution < 1.29 is 14.3 Å². The van der Waals surface area contributed by atoms with Gasteiger partial charge >= 0.3 is 0 Å². The van der Waals surface area contributed by atoms with Crippen LogP contribution in [0.3, 0.4) is 0 Å². The van der Waals surface area contributed by atoms with E-state index in [-0.39, 0.29) is 0 Å². The Morgan fingerprint density at radius 3 is 2.82 bits per heavy atom. The molecular weight excluding hydrogens is 144 g/mol. The lowest BCUT2D eigenvalue weighted by atomic mass is 9.97. The van der Waals surface area contributed by atoms with Crippen molar-refractivity contribution in [3.8, 4) is 0 Å². The first kappa shape index (κ1) is 8.53. The highest BCUT2D eigenvalue weighted by molar-refractivity contribution is 5.36. The Labute approximate surface area is 66.7 Å². The van der Waals surface area contributed by atoms with Gasteiger partial charge in [-0.1, -0.05) is 0 Å². The summed E-state index contributed by atoms with van der Waals surface area (Å²) in [6.45, 7) is 2.81. The summed E-state index contributed by atoms with van der Waals surface area (Å²) in [5, 5.41) is 0. The van der Waals surface area contributed by atoms with Crippen LogP contribution in [0.15, 0.2) is 0 Å². The molecule has 1 aliphatic heterocycles. The van der Waals surface area contributed by atoms with Gasteiger partial charge in [-0.05, 0) is 25.2 Å². The van der Waals surface area contributed by atoms with Gasteiger partial charge in [-0.25, -0.2) is 0 Å². The third-order valence-corrected chi connectivity index (χ3v) is 2.05. The quantitative estimate of drug-likeness (QED) is 0.452. The van der Waals surface area contributed by atoms with Crippen molar-refractivity contribution in [2.24, 2.45) is 5.92 Å². The summed E-state index contributed by atoms with van der Waals surface area (Å²) in [6, 6.07) is 0. The molecule has 0 saturated carbocycles. The summed E-state index contributed by atoms with van der Waals surface area (Å²) in [5.41, 5.74) is 0. The fourth-order valence-corrected chi connectivity index (χ4v) is 1.32. The number of ether oxygens (including phenoxy) is 2. The lowest BCUT2D eigenvalue weighted by Crippen LogP contribution is -2.17. The van der Waals surface area contributed by atoms with Crippen molar-refractivity contribution in [1.82, 2.24) is 0 Å². The molecule has 3 nitrogen and oxygen atoms in total. The Bertz CT molecular complexity index is 108. The molecule has 3 heteroatoms. The minimum absolute atomic E-state index is 0.513. The van der Waals surface area contributed by atoms with Crippen molar-refractivity contribution in [2.75, 3.05) is 19.8 Å². The summed E-state index contributed by atoms with van der Waals surface area (Å²) in [6.07, 6.45) is 3.21. The molecule has 0 unspecified atom stereocenters. The van der Waals surface area contributed by atoms with Crippen LogP contribution in [0.1, 0.15) is 19.3 Å². The smallest absolute Gasteiger partial charge is 0.293 e. The molecule has 11 heavy (non-hydrogen) atoms. The summed E-state index contributed by atoms with van der Waals surface area (Å²) < 4.78 is 9.81. The van der Waals surface area contributed by atoms with E-state index in [4.69, 9.17) is 4.74 Å². The Balaban J connectivity index is 2.00. The van der Waals surface area contributed by atoms with Crippen LogP contribution in [-0.4, -0.2) is 26.3 Å². The average molecular weight is 158 g/mol. The van der Waals surface area contributed by atoms with E-state index in [0.29, 0.717) is 19.0 Å². The van der Waals surface area contributed by atoms with E-state index < -0.39 is 0 Å². The maximum Gasteiger partial charge on any atom is 0.293 e. The molecule has 1 fully saturated rings. The zero-order valence-electron chi connectivity index (χ0n) is 6.62. The molecule has 0 radical (unpaired) electrons. The molecule has 0 aliphatic carbocycles. The van der Waals surface area contributed by atoms with Crippen LogP contribution >= 0.6 is 0 Å². The Morgan fingerprint density at radius 1 is 1.45 bits per heavy atom. The fraction of sp³-hybridized carbons (Fsp3) is 0.875. The second-order valence-electron chi connectivity index (χ2n) is 2.81. The number of hydrogen-bond donors (Lipinski definition) is 0. The Morgan fingerprint density at radius 2 is 2.18 bits per heavy atom. The number of carbonyl (C=O) groups excluding carboxylic acids is 1. The van der Waals surface area contributed by atoms with Gasteiger partial charge in [-0.2, -0.15) is 0 Å². The molecule has 0 amide bonds. The summed E-state index contributed by atoms with van der Waals surface area (Å²) in [4.78, 5) is 9.80. The van der Waals surface area contributed by atoms with E-state index in [2.05, 4.69) is 4.74 Å². The molecule has 0 aromatic rings. The number of rotatable bonds is 4. The van der Waals surface area contributed by atoms with Gasteiger partial charge in [-0.3, -0.25) is 4.79 Å². The van der Waals surface area contributed by atoms with Crippen molar-refractivity contribution in [1.29, 1.82) is 0 Å². The molecule has 0 N–H and O–H groups in total. The van der Waals surface area contributed by atoms with Gasteiger partial charge in [0.25, 0.3) is 6.47 Å². The highest BCUT2D eigenvalue weighted by Crippen LogP contribution is 2.17. The van der Waals surface area contributed by atoms with E-state index in [0.717, 1.165) is 32.5 Å². The lowest BCUT2D eigenvalue weighted by molar-refractivity contribution is -0.129. The zero-order valence-corrected chi connectivity index (χ0v) is 6.62. The molecule has 0 aromatic carbocycles. The molecule has 1 rings (SSSR count). The van der Waals surface area contributed by atoms with Crippen molar-refractivity contribution in [2.45, 2.75) is 19.3 Å². The van der Waals surface area contributed by atoms with Crippen molar-refractivity contribution in [3.05, 3.63) is 0 Å². The second-order valence-corrected chi connectivity index (χ2v) is 2.81. The topological polar surface area (TPSA) is 35.5 Å². The van der Waals surface area contributed by atoms with Crippen molar-refractivity contribution in [3.63, 3.8) is 0 Å². The predicted octanol–water partition coefficient (Wildman–Crippen LogP) is 0.976. The normalized spacial score (nSPS) is 19.6. The maximum absolute atomic E-state index is 9.80. The number of carbonyl (C=O) groups is 1. The minimum atomic E-state index is 0.513. The van der Waals surface area contributed by atoms with Crippen LogP contribution in [0, 0.1) is 5.92 Å². The van der Waals surface area contributed by atoms with E-state index in [1.165, 1.54) is 0 Å². The molecule has 0 atom stereocenters. The zero-order chi connectivity index (χ0) is 7.94. The van der Waals surface area contributed by atoms with E-state index in [1.54, 1.807) is 0 Å². The first-order chi connectivity index (χ1) is 5.43. The Kier molecular flexibility index (Phi) is 3.98. The molecular formula is C8H14O3. The third-order valence-electron chi connectivity index (χ3n) is 2.05. The molecule has 1 heterocycles. The van der Waals surface area contributed by atoms with E-state index in [1.807, 2.05) is 0 Å². The van der Waals surface area contributed by atoms with Gasteiger partial charge in [0.05, 0.1) is 6.61 Å². The predicted molar refractivity (Wildman–Crippen MR) is 40.2 cm³/mol. The first-order valence-electron chi connectivity index (χ1n) is 4.06. The monoisotopic (exact) mass is 158 g/mol. The summed E-state index contributed by atoms with van der Waals surface area (Å²) in [7, 11) is 0. The fourth-order valence-electron chi connectivity index (χ4n) is 1.32. The largest absolute Gasteiger partial charge is 0.468 e.